The lowest BCUT2D eigenvalue weighted by molar-refractivity contribution is 0.558. The maximum atomic E-state index is 11.3. The maximum Gasteiger partial charge on any atom is 0.211 e. The number of hydrogen-bond donors (Lipinski definition) is 1. The first kappa shape index (κ1) is 11.3. The Morgan fingerprint density at radius 3 is 2.62 bits per heavy atom. The van der Waals surface area contributed by atoms with Crippen LogP contribution in [-0.2, 0) is 10.0 Å². The van der Waals surface area contributed by atoms with E-state index in [9.17, 15) is 8.42 Å². The van der Waals surface area contributed by atoms with E-state index in [0.29, 0.717) is 24.1 Å². The lowest BCUT2D eigenvalue weighted by atomic mass is 10.2. The van der Waals surface area contributed by atoms with Crippen LogP contribution in [0.15, 0.2) is 0 Å². The zero-order valence-corrected chi connectivity index (χ0v) is 9.37. The Morgan fingerprint density at radius 1 is 1.54 bits per heavy atom. The van der Waals surface area contributed by atoms with Crippen molar-refractivity contribution in [2.45, 2.75) is 19.8 Å². The Hall–Kier alpha value is 0.200. The molecule has 1 atom stereocenters. The van der Waals surface area contributed by atoms with Crippen molar-refractivity contribution in [2.75, 3.05) is 18.2 Å². The van der Waals surface area contributed by atoms with Crippen molar-refractivity contribution in [3.8, 4) is 0 Å². The van der Waals surface area contributed by atoms with E-state index in [0.717, 1.165) is 12.8 Å². The first-order valence-electron chi connectivity index (χ1n) is 4.57. The fraction of sp³-hybridized carbons (Fsp3) is 1.00. The van der Waals surface area contributed by atoms with Crippen LogP contribution in [0.25, 0.3) is 0 Å². The van der Waals surface area contributed by atoms with E-state index in [4.69, 9.17) is 11.6 Å². The summed E-state index contributed by atoms with van der Waals surface area (Å²) in [4.78, 5) is 0. The van der Waals surface area contributed by atoms with Gasteiger partial charge in [0.25, 0.3) is 0 Å². The van der Waals surface area contributed by atoms with Gasteiger partial charge in [-0.25, -0.2) is 13.1 Å². The van der Waals surface area contributed by atoms with Crippen LogP contribution in [0, 0.1) is 11.8 Å². The standard InChI is InChI=1S/C8H16ClNO2S/c1-7(4-9)5-10-13(11,12)6-8-2-3-8/h7-8,10H,2-6H2,1H3. The highest BCUT2D eigenvalue weighted by atomic mass is 35.5. The van der Waals surface area contributed by atoms with E-state index in [1.54, 1.807) is 0 Å². The molecule has 0 aromatic heterocycles. The van der Waals surface area contributed by atoms with Crippen molar-refractivity contribution >= 4 is 21.6 Å². The molecule has 0 amide bonds. The van der Waals surface area contributed by atoms with Crippen molar-refractivity contribution in [1.29, 1.82) is 0 Å². The van der Waals surface area contributed by atoms with Crippen molar-refractivity contribution in [3.05, 3.63) is 0 Å². The zero-order chi connectivity index (χ0) is 9.90. The molecule has 0 saturated heterocycles. The van der Waals surface area contributed by atoms with Crippen LogP contribution in [0.1, 0.15) is 19.8 Å². The summed E-state index contributed by atoms with van der Waals surface area (Å²) in [5.74, 6) is 1.40. The van der Waals surface area contributed by atoms with Gasteiger partial charge < -0.3 is 0 Å². The molecule has 1 aliphatic carbocycles. The Bertz CT molecular complexity index is 249. The summed E-state index contributed by atoms with van der Waals surface area (Å²) < 4.78 is 25.3. The van der Waals surface area contributed by atoms with Crippen LogP contribution in [0.3, 0.4) is 0 Å². The average molecular weight is 226 g/mol. The fourth-order valence-electron chi connectivity index (χ4n) is 0.978. The Labute approximate surface area is 84.9 Å². The first-order chi connectivity index (χ1) is 6.03. The molecule has 0 aromatic carbocycles. The van der Waals surface area contributed by atoms with Gasteiger partial charge in [-0.1, -0.05) is 6.92 Å². The summed E-state index contributed by atoms with van der Waals surface area (Å²) in [6.07, 6.45) is 2.12. The second kappa shape index (κ2) is 4.62. The minimum Gasteiger partial charge on any atom is -0.215 e. The molecule has 0 bridgehead atoms. The van der Waals surface area contributed by atoms with Crippen molar-refractivity contribution < 1.29 is 8.42 Å². The Morgan fingerprint density at radius 2 is 2.15 bits per heavy atom. The molecule has 1 aliphatic rings. The second-order valence-corrected chi connectivity index (χ2v) is 5.99. The maximum absolute atomic E-state index is 11.3. The lowest BCUT2D eigenvalue weighted by Gasteiger charge is -2.09. The molecule has 1 fully saturated rings. The monoisotopic (exact) mass is 225 g/mol. The van der Waals surface area contributed by atoms with Crippen LogP contribution in [0.4, 0.5) is 0 Å². The second-order valence-electron chi connectivity index (χ2n) is 3.83. The van der Waals surface area contributed by atoms with Crippen molar-refractivity contribution in [2.24, 2.45) is 11.8 Å². The molecule has 1 N–H and O–H groups in total. The minimum atomic E-state index is -3.03. The van der Waals surface area contributed by atoms with Crippen molar-refractivity contribution in [3.63, 3.8) is 0 Å². The third-order valence-corrected chi connectivity index (χ3v) is 4.11. The van der Waals surface area contributed by atoms with Crippen LogP contribution in [0.5, 0.6) is 0 Å². The summed E-state index contributed by atoms with van der Waals surface area (Å²) in [6.45, 7) is 2.38. The molecule has 0 radical (unpaired) electrons. The Balaban J connectivity index is 2.24. The molecule has 0 aliphatic heterocycles. The summed E-state index contributed by atoms with van der Waals surface area (Å²) in [7, 11) is -3.03. The number of rotatable bonds is 6. The summed E-state index contributed by atoms with van der Waals surface area (Å²) in [6, 6.07) is 0. The SMILES string of the molecule is CC(CCl)CNS(=O)(=O)CC1CC1. The Kier molecular flexibility index (Phi) is 4.01. The normalized spacial score (nSPS) is 20.2. The third kappa shape index (κ3) is 4.84. The van der Waals surface area contributed by atoms with Gasteiger partial charge in [-0.2, -0.15) is 0 Å². The van der Waals surface area contributed by atoms with Gasteiger partial charge in [-0.15, -0.1) is 11.6 Å². The highest BCUT2D eigenvalue weighted by Crippen LogP contribution is 2.29. The lowest BCUT2D eigenvalue weighted by Crippen LogP contribution is -2.31. The topological polar surface area (TPSA) is 46.2 Å². The molecular formula is C8H16ClNO2S. The fourth-order valence-corrected chi connectivity index (χ4v) is 2.70. The molecule has 0 aromatic rings. The molecule has 0 heterocycles. The summed E-state index contributed by atoms with van der Waals surface area (Å²) in [5.41, 5.74) is 0. The molecular weight excluding hydrogens is 210 g/mol. The molecule has 5 heteroatoms. The van der Waals surface area contributed by atoms with Gasteiger partial charge in [0.2, 0.25) is 10.0 Å². The van der Waals surface area contributed by atoms with Crippen LogP contribution in [0.2, 0.25) is 0 Å². The quantitative estimate of drug-likeness (QED) is 0.691. The third-order valence-electron chi connectivity index (χ3n) is 2.07. The van der Waals surface area contributed by atoms with Crippen molar-refractivity contribution in [1.82, 2.24) is 4.72 Å². The number of hydrogen-bond acceptors (Lipinski definition) is 2. The van der Waals surface area contributed by atoms with Gasteiger partial charge in [0.05, 0.1) is 5.75 Å². The van der Waals surface area contributed by atoms with E-state index in [1.807, 2.05) is 6.92 Å². The molecule has 13 heavy (non-hydrogen) atoms. The van der Waals surface area contributed by atoms with Gasteiger partial charge in [-0.05, 0) is 24.7 Å². The predicted molar refractivity (Wildman–Crippen MR) is 54.4 cm³/mol. The molecule has 1 unspecified atom stereocenters. The van der Waals surface area contributed by atoms with Crippen LogP contribution in [-0.4, -0.2) is 26.6 Å². The smallest absolute Gasteiger partial charge is 0.211 e. The predicted octanol–water partition coefficient (Wildman–Crippen LogP) is 1.19. The number of nitrogens with one attached hydrogen (secondary N) is 1. The van der Waals surface area contributed by atoms with E-state index in [2.05, 4.69) is 4.72 Å². The van der Waals surface area contributed by atoms with E-state index in [1.165, 1.54) is 0 Å². The number of alkyl halides is 1. The summed E-state index contributed by atoms with van der Waals surface area (Å²) in [5, 5.41) is 0. The van der Waals surface area contributed by atoms with Gasteiger partial charge in [0.15, 0.2) is 0 Å². The number of halogens is 1. The summed E-state index contributed by atoms with van der Waals surface area (Å²) >= 11 is 5.56. The molecule has 0 spiro atoms. The number of sulfonamides is 1. The molecule has 78 valence electrons. The highest BCUT2D eigenvalue weighted by Gasteiger charge is 2.27. The molecule has 1 rings (SSSR count). The van der Waals surface area contributed by atoms with Crippen LogP contribution < -0.4 is 4.72 Å². The van der Waals surface area contributed by atoms with E-state index in [-0.39, 0.29) is 5.92 Å². The molecule has 1 saturated carbocycles. The van der Waals surface area contributed by atoms with Gasteiger partial charge in [0.1, 0.15) is 0 Å². The largest absolute Gasteiger partial charge is 0.215 e. The first-order valence-corrected chi connectivity index (χ1v) is 6.75. The van der Waals surface area contributed by atoms with E-state index < -0.39 is 10.0 Å². The minimum absolute atomic E-state index is 0.204. The van der Waals surface area contributed by atoms with Crippen LogP contribution >= 0.6 is 11.6 Å². The zero-order valence-electron chi connectivity index (χ0n) is 7.79. The molecule has 3 nitrogen and oxygen atoms in total. The van der Waals surface area contributed by atoms with Gasteiger partial charge >= 0.3 is 0 Å². The average Bonchev–Trinajstić information content (AvgIpc) is 2.83. The van der Waals surface area contributed by atoms with Gasteiger partial charge in [0, 0.05) is 12.4 Å². The van der Waals surface area contributed by atoms with E-state index >= 15 is 0 Å². The highest BCUT2D eigenvalue weighted by molar-refractivity contribution is 7.89. The van der Waals surface area contributed by atoms with Gasteiger partial charge in [-0.3, -0.25) is 0 Å².